The Kier molecular flexibility index (Phi) is 4.62. The van der Waals surface area contributed by atoms with E-state index >= 15 is 0 Å². The minimum absolute atomic E-state index is 0.00572. The highest BCUT2D eigenvalue weighted by Crippen LogP contribution is 2.27. The van der Waals surface area contributed by atoms with Crippen molar-refractivity contribution in [1.82, 2.24) is 0 Å². The van der Waals surface area contributed by atoms with Gasteiger partial charge in [-0.05, 0) is 27.2 Å². The van der Waals surface area contributed by atoms with Crippen LogP contribution in [0.1, 0.15) is 20.3 Å². The van der Waals surface area contributed by atoms with Crippen LogP contribution in [0, 0.1) is 6.92 Å². The average Bonchev–Trinajstić information content (AvgIpc) is 2.32. The van der Waals surface area contributed by atoms with Gasteiger partial charge in [0.15, 0.2) is 11.5 Å². The van der Waals surface area contributed by atoms with Gasteiger partial charge in [-0.2, -0.15) is 0 Å². The van der Waals surface area contributed by atoms with Crippen molar-refractivity contribution in [2.45, 2.75) is 20.3 Å². The normalized spacial score (nSPS) is 17.7. The topological polar surface area (TPSA) is 63.6 Å². The quantitative estimate of drug-likeness (QED) is 0.764. The zero-order chi connectivity index (χ0) is 13.9. The minimum atomic E-state index is -0.518. The Morgan fingerprint density at radius 1 is 1.33 bits per heavy atom. The Balaban J connectivity index is 3.22. The lowest BCUT2D eigenvalue weighted by Gasteiger charge is -2.19. The number of ketones is 2. The highest BCUT2D eigenvalue weighted by atomic mass is 16.5. The number of carbonyl (C=O) groups excluding carboxylic acids is 2. The first kappa shape index (κ1) is 14.4. The van der Waals surface area contributed by atoms with Gasteiger partial charge in [0.05, 0.1) is 19.3 Å². The molecule has 0 fully saturated rings. The Morgan fingerprint density at radius 2 is 1.94 bits per heavy atom. The highest BCUT2D eigenvalue weighted by Gasteiger charge is 2.32. The van der Waals surface area contributed by atoms with Crippen molar-refractivity contribution in [3.05, 3.63) is 41.1 Å². The van der Waals surface area contributed by atoms with Crippen molar-refractivity contribution in [2.75, 3.05) is 13.7 Å². The molecular formula is C14H16O4. The molecule has 1 aliphatic carbocycles. The van der Waals surface area contributed by atoms with Crippen LogP contribution in [0.15, 0.2) is 34.1 Å². The van der Waals surface area contributed by atoms with Gasteiger partial charge in [-0.15, -0.1) is 0 Å². The van der Waals surface area contributed by atoms with Crippen molar-refractivity contribution >= 4 is 11.6 Å². The summed E-state index contributed by atoms with van der Waals surface area (Å²) < 4.78 is 4.90. The summed E-state index contributed by atoms with van der Waals surface area (Å²) in [7, 11) is 1.30. The van der Waals surface area contributed by atoms with E-state index in [1.807, 2.05) is 0 Å². The molecule has 1 aliphatic rings. The lowest BCUT2D eigenvalue weighted by Crippen LogP contribution is -2.25. The standard InChI is InChI=1S/C14H16O4/c1-8(2)5-6-10-9(3)12(16)14(18-4)11(7-15)13(10)17/h1,5,15H,6-7H2,2-4H3/b8-5-. The molecule has 18 heavy (non-hydrogen) atoms. The predicted octanol–water partition coefficient (Wildman–Crippen LogP) is 1.39. The third kappa shape index (κ3) is 2.59. The summed E-state index contributed by atoms with van der Waals surface area (Å²) in [6, 6.07) is 0. The SMILES string of the molecule is [CH]/C(C)=C/CC1=C(C)C(=O)C(OC)=C(CO)C1=O. The second-order valence-electron chi connectivity index (χ2n) is 4.08. The van der Waals surface area contributed by atoms with Crippen LogP contribution >= 0.6 is 0 Å². The van der Waals surface area contributed by atoms with Gasteiger partial charge in [-0.3, -0.25) is 9.59 Å². The maximum atomic E-state index is 12.1. The number of hydrogen-bond acceptors (Lipinski definition) is 4. The van der Waals surface area contributed by atoms with E-state index in [0.717, 1.165) is 0 Å². The third-order valence-corrected chi connectivity index (χ3v) is 2.81. The Morgan fingerprint density at radius 3 is 2.39 bits per heavy atom. The molecule has 0 aromatic heterocycles. The number of Topliss-reactive ketones (excluding diaryl/α,β-unsaturated/α-hetero) is 2. The van der Waals surface area contributed by atoms with E-state index < -0.39 is 6.61 Å². The van der Waals surface area contributed by atoms with Gasteiger partial charge in [-0.25, -0.2) is 0 Å². The molecule has 0 aliphatic heterocycles. The van der Waals surface area contributed by atoms with Crippen LogP contribution < -0.4 is 0 Å². The number of hydrogen-bond donors (Lipinski definition) is 1. The van der Waals surface area contributed by atoms with Crippen LogP contribution in [0.5, 0.6) is 0 Å². The minimum Gasteiger partial charge on any atom is -0.492 e. The van der Waals surface area contributed by atoms with Crippen molar-refractivity contribution in [3.8, 4) is 0 Å². The van der Waals surface area contributed by atoms with Gasteiger partial charge < -0.3 is 9.84 Å². The molecule has 96 valence electrons. The van der Waals surface area contributed by atoms with Gasteiger partial charge in [0.1, 0.15) is 0 Å². The van der Waals surface area contributed by atoms with Crippen LogP contribution in [0.2, 0.25) is 0 Å². The summed E-state index contributed by atoms with van der Waals surface area (Å²) in [5.41, 5.74) is 1.27. The van der Waals surface area contributed by atoms with Gasteiger partial charge in [0.2, 0.25) is 5.78 Å². The number of rotatable bonds is 4. The van der Waals surface area contributed by atoms with E-state index in [0.29, 0.717) is 16.7 Å². The maximum absolute atomic E-state index is 12.1. The molecule has 1 rings (SSSR count). The molecule has 0 bridgehead atoms. The van der Waals surface area contributed by atoms with Crippen LogP contribution in [0.3, 0.4) is 0 Å². The van der Waals surface area contributed by atoms with E-state index in [9.17, 15) is 14.7 Å². The van der Waals surface area contributed by atoms with Crippen molar-refractivity contribution in [1.29, 1.82) is 0 Å². The van der Waals surface area contributed by atoms with E-state index in [4.69, 9.17) is 11.7 Å². The second kappa shape index (κ2) is 5.78. The Labute approximate surface area is 107 Å². The first-order chi connectivity index (χ1) is 8.43. The average molecular weight is 248 g/mol. The Bertz CT molecular complexity index is 474. The fourth-order valence-corrected chi connectivity index (χ4v) is 1.77. The molecule has 0 heterocycles. The van der Waals surface area contributed by atoms with Crippen LogP contribution in [0.4, 0.5) is 0 Å². The van der Waals surface area contributed by atoms with Gasteiger partial charge >= 0.3 is 0 Å². The molecule has 2 radical (unpaired) electrons. The molecule has 4 nitrogen and oxygen atoms in total. The van der Waals surface area contributed by atoms with Gasteiger partial charge in [0.25, 0.3) is 0 Å². The predicted molar refractivity (Wildman–Crippen MR) is 66.5 cm³/mol. The molecule has 0 spiro atoms. The fraction of sp³-hybridized carbons (Fsp3) is 0.357. The molecule has 1 N–H and O–H groups in total. The monoisotopic (exact) mass is 248 g/mol. The molecule has 0 saturated carbocycles. The number of aliphatic hydroxyl groups is 1. The Hall–Kier alpha value is -1.68. The van der Waals surface area contributed by atoms with E-state index in [-0.39, 0.29) is 29.3 Å². The number of methoxy groups -OCH3 is 1. The molecule has 0 aromatic carbocycles. The number of allylic oxidation sites excluding steroid dienone is 4. The number of ether oxygens (including phenoxy) is 1. The lowest BCUT2D eigenvalue weighted by molar-refractivity contribution is -0.119. The number of aliphatic hydroxyl groups excluding tert-OH is 1. The largest absolute Gasteiger partial charge is 0.492 e. The highest BCUT2D eigenvalue weighted by molar-refractivity contribution is 6.24. The second-order valence-corrected chi connectivity index (χ2v) is 4.08. The van der Waals surface area contributed by atoms with E-state index in [2.05, 4.69) is 0 Å². The van der Waals surface area contributed by atoms with Crippen LogP contribution in [-0.4, -0.2) is 30.4 Å². The summed E-state index contributed by atoms with van der Waals surface area (Å²) >= 11 is 0. The molecule has 0 aromatic rings. The zero-order valence-corrected chi connectivity index (χ0v) is 10.7. The van der Waals surface area contributed by atoms with Crippen molar-refractivity contribution in [3.63, 3.8) is 0 Å². The van der Waals surface area contributed by atoms with Gasteiger partial charge in [0, 0.05) is 11.1 Å². The molecule has 0 atom stereocenters. The maximum Gasteiger partial charge on any atom is 0.224 e. The van der Waals surface area contributed by atoms with E-state index in [1.165, 1.54) is 7.11 Å². The summed E-state index contributed by atoms with van der Waals surface area (Å²) in [5.74, 6) is -0.791. The lowest BCUT2D eigenvalue weighted by atomic mass is 9.87. The molecule has 4 heteroatoms. The summed E-state index contributed by atoms with van der Waals surface area (Å²) in [6.07, 6.45) is 1.94. The summed E-state index contributed by atoms with van der Waals surface area (Å²) in [6.45, 7) is 8.27. The zero-order valence-electron chi connectivity index (χ0n) is 10.7. The molecule has 0 saturated heterocycles. The smallest absolute Gasteiger partial charge is 0.224 e. The third-order valence-electron chi connectivity index (χ3n) is 2.81. The first-order valence-corrected chi connectivity index (χ1v) is 5.53. The number of carbonyl (C=O) groups is 2. The van der Waals surface area contributed by atoms with Crippen LogP contribution in [-0.2, 0) is 14.3 Å². The van der Waals surface area contributed by atoms with E-state index in [1.54, 1.807) is 19.9 Å². The molecule has 0 unspecified atom stereocenters. The van der Waals surface area contributed by atoms with Gasteiger partial charge in [-0.1, -0.05) is 11.6 Å². The fourth-order valence-electron chi connectivity index (χ4n) is 1.77. The van der Waals surface area contributed by atoms with Crippen molar-refractivity contribution < 1.29 is 19.4 Å². The van der Waals surface area contributed by atoms with Crippen molar-refractivity contribution in [2.24, 2.45) is 0 Å². The van der Waals surface area contributed by atoms with Crippen LogP contribution in [0.25, 0.3) is 0 Å². The molecule has 0 amide bonds. The summed E-state index contributed by atoms with van der Waals surface area (Å²) in [4.78, 5) is 24.1. The summed E-state index contributed by atoms with van der Waals surface area (Å²) in [5, 5.41) is 9.19. The molecular weight excluding hydrogens is 232 g/mol. The first-order valence-electron chi connectivity index (χ1n) is 5.53.